The Labute approximate surface area is 110 Å². The first kappa shape index (κ1) is 15.4. The summed E-state index contributed by atoms with van der Waals surface area (Å²) >= 11 is 0. The molecule has 4 N–H and O–H groups in total. The molecule has 0 aromatic rings. The average Bonchev–Trinajstić information content (AvgIpc) is 2.39. The summed E-state index contributed by atoms with van der Waals surface area (Å²) in [4.78, 5) is 11.9. The van der Waals surface area contributed by atoms with Gasteiger partial charge >= 0.3 is 0 Å². The molecule has 0 aromatic carbocycles. The molecule has 0 aliphatic heterocycles. The second kappa shape index (κ2) is 7.74. The normalized spacial score (nSPS) is 22.2. The maximum Gasteiger partial charge on any atom is 0.250 e. The van der Waals surface area contributed by atoms with Crippen molar-refractivity contribution in [3.63, 3.8) is 0 Å². The van der Waals surface area contributed by atoms with Crippen molar-refractivity contribution in [2.45, 2.75) is 77.0 Å². The Hall–Kier alpha value is -0.610. The third kappa shape index (κ3) is 4.58. The number of aliphatic hydroxyl groups excluding tert-OH is 1. The molecular formula is C14H28N2O2. The number of nitrogens with one attached hydrogen (secondary N) is 1. The smallest absolute Gasteiger partial charge is 0.250 e. The van der Waals surface area contributed by atoms with E-state index in [1.165, 1.54) is 32.1 Å². The van der Waals surface area contributed by atoms with Crippen LogP contribution in [-0.4, -0.2) is 29.2 Å². The van der Waals surface area contributed by atoms with Gasteiger partial charge < -0.3 is 16.2 Å². The lowest BCUT2D eigenvalue weighted by molar-refractivity contribution is -0.131. The molecule has 1 rings (SSSR count). The van der Waals surface area contributed by atoms with Crippen molar-refractivity contribution >= 4 is 5.91 Å². The highest BCUT2D eigenvalue weighted by Gasteiger charge is 2.26. The van der Waals surface area contributed by atoms with Crippen LogP contribution in [0.1, 0.15) is 58.8 Å². The topological polar surface area (TPSA) is 75.3 Å². The minimum atomic E-state index is -1.07. The molecule has 0 bridgehead atoms. The number of carbonyl (C=O) groups excluding carboxylic acids is 1. The molecule has 1 aliphatic rings. The number of hydrogen-bond acceptors (Lipinski definition) is 3. The first-order valence-electron chi connectivity index (χ1n) is 7.30. The van der Waals surface area contributed by atoms with Crippen LogP contribution in [-0.2, 0) is 4.79 Å². The summed E-state index contributed by atoms with van der Waals surface area (Å²) in [7, 11) is 0. The van der Waals surface area contributed by atoms with E-state index in [2.05, 4.69) is 5.32 Å². The van der Waals surface area contributed by atoms with Gasteiger partial charge in [-0.05, 0) is 32.1 Å². The predicted octanol–water partition coefficient (Wildman–Crippen LogP) is 1.56. The molecule has 3 unspecified atom stereocenters. The van der Waals surface area contributed by atoms with Crippen molar-refractivity contribution in [2.75, 3.05) is 0 Å². The number of amides is 1. The zero-order chi connectivity index (χ0) is 13.5. The highest BCUT2D eigenvalue weighted by Crippen LogP contribution is 2.26. The molecular weight excluding hydrogens is 228 g/mol. The van der Waals surface area contributed by atoms with Gasteiger partial charge in [-0.25, -0.2) is 0 Å². The lowest BCUT2D eigenvalue weighted by Gasteiger charge is -2.29. The molecule has 4 heteroatoms. The molecule has 1 amide bonds. The van der Waals surface area contributed by atoms with Gasteiger partial charge in [0.1, 0.15) is 6.10 Å². The quantitative estimate of drug-likeness (QED) is 0.675. The van der Waals surface area contributed by atoms with Gasteiger partial charge in [0, 0.05) is 12.1 Å². The van der Waals surface area contributed by atoms with E-state index >= 15 is 0 Å². The fourth-order valence-corrected chi connectivity index (χ4v) is 2.75. The molecule has 1 aliphatic carbocycles. The van der Waals surface area contributed by atoms with E-state index in [9.17, 15) is 9.90 Å². The van der Waals surface area contributed by atoms with Crippen LogP contribution in [0.4, 0.5) is 0 Å². The van der Waals surface area contributed by atoms with Crippen LogP contribution in [0, 0.1) is 5.92 Å². The molecule has 3 atom stereocenters. The highest BCUT2D eigenvalue weighted by atomic mass is 16.3. The van der Waals surface area contributed by atoms with Crippen LogP contribution in [0.3, 0.4) is 0 Å². The van der Waals surface area contributed by atoms with Crippen LogP contribution >= 0.6 is 0 Å². The lowest BCUT2D eigenvalue weighted by Crippen LogP contribution is -2.50. The second-order valence-corrected chi connectivity index (χ2v) is 5.59. The van der Waals surface area contributed by atoms with E-state index in [0.29, 0.717) is 12.3 Å². The van der Waals surface area contributed by atoms with Crippen LogP contribution in [0.15, 0.2) is 0 Å². The molecule has 1 saturated carbocycles. The third-order valence-corrected chi connectivity index (χ3v) is 4.02. The van der Waals surface area contributed by atoms with Gasteiger partial charge in [-0.2, -0.15) is 0 Å². The Morgan fingerprint density at radius 2 is 2.00 bits per heavy atom. The molecule has 0 radical (unpaired) electrons. The van der Waals surface area contributed by atoms with Gasteiger partial charge in [-0.1, -0.05) is 32.6 Å². The summed E-state index contributed by atoms with van der Waals surface area (Å²) in [6.45, 7) is 4.03. The fourth-order valence-electron chi connectivity index (χ4n) is 2.75. The summed E-state index contributed by atoms with van der Waals surface area (Å²) in [5.74, 6) is 0.242. The van der Waals surface area contributed by atoms with Crippen LogP contribution in [0.2, 0.25) is 0 Å². The zero-order valence-corrected chi connectivity index (χ0v) is 11.7. The summed E-state index contributed by atoms with van der Waals surface area (Å²) in [6.07, 6.45) is 6.65. The maximum atomic E-state index is 11.9. The van der Waals surface area contributed by atoms with Gasteiger partial charge in [0.15, 0.2) is 0 Å². The maximum absolute atomic E-state index is 11.9. The molecule has 106 valence electrons. The summed E-state index contributed by atoms with van der Waals surface area (Å²) in [6, 6.07) is -0.310. The Bertz CT molecular complexity index is 252. The Balaban J connectivity index is 2.37. The monoisotopic (exact) mass is 256 g/mol. The number of hydrogen-bond donors (Lipinski definition) is 3. The Kier molecular flexibility index (Phi) is 6.65. The van der Waals surface area contributed by atoms with Crippen LogP contribution in [0.5, 0.6) is 0 Å². The molecule has 0 spiro atoms. The van der Waals surface area contributed by atoms with Gasteiger partial charge in [0.05, 0.1) is 0 Å². The van der Waals surface area contributed by atoms with Crippen molar-refractivity contribution in [3.8, 4) is 0 Å². The van der Waals surface area contributed by atoms with E-state index < -0.39 is 12.1 Å². The van der Waals surface area contributed by atoms with E-state index in [0.717, 1.165) is 6.42 Å². The van der Waals surface area contributed by atoms with Gasteiger partial charge in [-0.3, -0.25) is 4.79 Å². The van der Waals surface area contributed by atoms with Crippen molar-refractivity contribution in [1.82, 2.24) is 5.32 Å². The molecule has 0 saturated heterocycles. The van der Waals surface area contributed by atoms with Gasteiger partial charge in [0.25, 0.3) is 5.91 Å². The minimum Gasteiger partial charge on any atom is -0.382 e. The number of rotatable bonds is 6. The first-order chi connectivity index (χ1) is 8.56. The van der Waals surface area contributed by atoms with E-state index in [1.807, 2.05) is 13.8 Å². The molecule has 0 heterocycles. The summed E-state index contributed by atoms with van der Waals surface area (Å²) in [5.41, 5.74) is 5.77. The van der Waals surface area contributed by atoms with Gasteiger partial charge in [0.2, 0.25) is 0 Å². The Morgan fingerprint density at radius 1 is 1.39 bits per heavy atom. The van der Waals surface area contributed by atoms with Crippen molar-refractivity contribution in [3.05, 3.63) is 0 Å². The fraction of sp³-hybridized carbons (Fsp3) is 0.929. The lowest BCUT2D eigenvalue weighted by atomic mass is 9.84. The summed E-state index contributed by atoms with van der Waals surface area (Å²) in [5, 5.41) is 12.7. The Morgan fingerprint density at radius 3 is 2.56 bits per heavy atom. The van der Waals surface area contributed by atoms with Gasteiger partial charge in [-0.15, -0.1) is 0 Å². The zero-order valence-electron chi connectivity index (χ0n) is 11.7. The number of nitrogens with two attached hydrogens (primary N) is 1. The van der Waals surface area contributed by atoms with E-state index in [-0.39, 0.29) is 11.9 Å². The van der Waals surface area contributed by atoms with Crippen molar-refractivity contribution < 1.29 is 9.90 Å². The van der Waals surface area contributed by atoms with Crippen molar-refractivity contribution in [1.29, 1.82) is 0 Å². The largest absolute Gasteiger partial charge is 0.382 e. The standard InChI is InChI=1S/C14H28N2O2/c1-3-7-12(15)13(17)14(18)16-10(2)11-8-5-4-6-9-11/h10-13,17H,3-9,15H2,1-2H3,(H,16,18). The highest BCUT2D eigenvalue weighted by molar-refractivity contribution is 5.81. The van der Waals surface area contributed by atoms with Crippen LogP contribution in [0.25, 0.3) is 0 Å². The molecule has 4 nitrogen and oxygen atoms in total. The molecule has 0 aromatic heterocycles. The average molecular weight is 256 g/mol. The minimum absolute atomic E-state index is 0.140. The number of carbonyl (C=O) groups is 1. The third-order valence-electron chi connectivity index (χ3n) is 4.02. The second-order valence-electron chi connectivity index (χ2n) is 5.59. The van der Waals surface area contributed by atoms with Crippen LogP contribution < -0.4 is 11.1 Å². The van der Waals surface area contributed by atoms with Crippen molar-refractivity contribution in [2.24, 2.45) is 11.7 Å². The van der Waals surface area contributed by atoms with E-state index in [1.54, 1.807) is 0 Å². The van der Waals surface area contributed by atoms with E-state index in [4.69, 9.17) is 5.73 Å². The number of aliphatic hydroxyl groups is 1. The summed E-state index contributed by atoms with van der Waals surface area (Å²) < 4.78 is 0. The SMILES string of the molecule is CCCC(N)C(O)C(=O)NC(C)C1CCCCC1. The molecule has 1 fully saturated rings. The predicted molar refractivity (Wildman–Crippen MR) is 73.1 cm³/mol. The molecule has 18 heavy (non-hydrogen) atoms. The first-order valence-corrected chi connectivity index (χ1v) is 7.30.